The zero-order chi connectivity index (χ0) is 3.41. The van der Waals surface area contributed by atoms with Gasteiger partial charge in [0.25, 0.3) is 0 Å². The molecule has 0 atom stereocenters. The van der Waals surface area contributed by atoms with Crippen molar-refractivity contribution >= 4 is 6.47 Å². The SMILES string of the molecule is N.O=C[O][Mo]. The molecule has 3 N–H and O–H groups in total. The summed E-state index contributed by atoms with van der Waals surface area (Å²) in [7, 11) is 0. The monoisotopic (exact) mass is 160 g/mol. The van der Waals surface area contributed by atoms with Crippen LogP contribution in [0.3, 0.4) is 0 Å². The van der Waals surface area contributed by atoms with Crippen LogP contribution in [0.4, 0.5) is 0 Å². The summed E-state index contributed by atoms with van der Waals surface area (Å²) in [5.41, 5.74) is 0. The molecular formula is CH4MoNO2. The Hall–Kier alpha value is 0.118. The van der Waals surface area contributed by atoms with Gasteiger partial charge in [-0.05, 0) is 0 Å². The predicted molar refractivity (Wildman–Crippen MR) is 12.2 cm³/mol. The summed E-state index contributed by atoms with van der Waals surface area (Å²) in [6.45, 7) is 0.379. The van der Waals surface area contributed by atoms with Gasteiger partial charge < -0.3 is 6.15 Å². The summed E-state index contributed by atoms with van der Waals surface area (Å²) in [4.78, 5) is 8.95. The van der Waals surface area contributed by atoms with Gasteiger partial charge in [0.15, 0.2) is 0 Å². The third-order valence-electron chi connectivity index (χ3n) is 0.0393. The summed E-state index contributed by atoms with van der Waals surface area (Å²) >= 11 is 1.26. The van der Waals surface area contributed by atoms with Crippen molar-refractivity contribution in [3.8, 4) is 0 Å². The molecule has 0 aliphatic rings. The van der Waals surface area contributed by atoms with Crippen molar-refractivity contribution in [2.24, 2.45) is 0 Å². The Morgan fingerprint density at radius 2 is 2.00 bits per heavy atom. The first kappa shape index (κ1) is 8.93. The van der Waals surface area contributed by atoms with E-state index in [0.29, 0.717) is 6.47 Å². The molecule has 0 amide bonds. The van der Waals surface area contributed by atoms with Crippen molar-refractivity contribution in [3.05, 3.63) is 0 Å². The molecule has 0 radical (unpaired) electrons. The van der Waals surface area contributed by atoms with E-state index in [1.54, 1.807) is 0 Å². The molecule has 0 aliphatic carbocycles. The fraction of sp³-hybridized carbons (Fsp3) is 0. The average Bonchev–Trinajstić information content (AvgIpc) is 1.37. The van der Waals surface area contributed by atoms with Gasteiger partial charge in [0.1, 0.15) is 0 Å². The van der Waals surface area contributed by atoms with Crippen LogP contribution in [-0.2, 0) is 28.4 Å². The van der Waals surface area contributed by atoms with Crippen LogP contribution >= 0.6 is 0 Å². The molecule has 0 fully saturated rings. The molecule has 0 saturated heterocycles. The van der Waals surface area contributed by atoms with Crippen LogP contribution in [0, 0.1) is 0 Å². The normalized spacial score (nSPS) is 4.00. The number of carbonyl (C=O) groups is 1. The Morgan fingerprint density at radius 3 is 2.00 bits per heavy atom. The van der Waals surface area contributed by atoms with Crippen molar-refractivity contribution in [2.45, 2.75) is 0 Å². The van der Waals surface area contributed by atoms with Gasteiger partial charge >= 0.3 is 34.9 Å². The van der Waals surface area contributed by atoms with Gasteiger partial charge in [-0.1, -0.05) is 0 Å². The summed E-state index contributed by atoms with van der Waals surface area (Å²) in [6.07, 6.45) is 0. The third-order valence-corrected chi connectivity index (χ3v) is 0.232. The van der Waals surface area contributed by atoms with Gasteiger partial charge in [-0.25, -0.2) is 0 Å². The molecule has 0 aliphatic heterocycles. The van der Waals surface area contributed by atoms with Gasteiger partial charge in [0.05, 0.1) is 0 Å². The molecule has 0 saturated carbocycles. The fourth-order valence-electron chi connectivity index (χ4n) is 0. The van der Waals surface area contributed by atoms with Crippen molar-refractivity contribution in [1.82, 2.24) is 6.15 Å². The molecule has 4 heteroatoms. The standard InChI is InChI=1S/CH2O2.Mo.H3N/c2-1-3;;/h1H,(H,2,3);;1H3/q;+1;/p-1. The second-order valence-electron chi connectivity index (χ2n) is 0.192. The minimum atomic E-state index is 0. The van der Waals surface area contributed by atoms with E-state index in [9.17, 15) is 0 Å². The number of hydrogen-bond donors (Lipinski definition) is 1. The van der Waals surface area contributed by atoms with Gasteiger partial charge in [0, 0.05) is 0 Å². The molecule has 0 aromatic rings. The van der Waals surface area contributed by atoms with Gasteiger partial charge in [-0.3, -0.25) is 0 Å². The third kappa shape index (κ3) is 14.8. The van der Waals surface area contributed by atoms with Crippen molar-refractivity contribution < 1.29 is 28.4 Å². The predicted octanol–water partition coefficient (Wildman–Crippen LogP) is -0.217. The van der Waals surface area contributed by atoms with Crippen LogP contribution in [-0.4, -0.2) is 6.47 Å². The first-order chi connectivity index (χ1) is 1.91. The molecule has 0 aromatic carbocycles. The average molecular weight is 158 g/mol. The molecule has 0 bridgehead atoms. The van der Waals surface area contributed by atoms with Crippen molar-refractivity contribution in [3.63, 3.8) is 0 Å². The quantitative estimate of drug-likeness (QED) is 0.424. The molecule has 0 spiro atoms. The van der Waals surface area contributed by atoms with E-state index >= 15 is 0 Å². The molecule has 3 nitrogen and oxygen atoms in total. The Labute approximate surface area is 41.6 Å². The van der Waals surface area contributed by atoms with Crippen molar-refractivity contribution in [1.29, 1.82) is 0 Å². The first-order valence-electron chi connectivity index (χ1n) is 0.638. The molecule has 0 aromatic heterocycles. The van der Waals surface area contributed by atoms with E-state index in [1.807, 2.05) is 0 Å². The van der Waals surface area contributed by atoms with E-state index in [2.05, 4.69) is 3.39 Å². The zero-order valence-electron chi connectivity index (χ0n) is 2.51. The number of rotatable bonds is 1. The first-order valence-corrected chi connectivity index (χ1v) is 1.46. The summed E-state index contributed by atoms with van der Waals surface area (Å²) in [5.74, 6) is 0. The topological polar surface area (TPSA) is 61.3 Å². The summed E-state index contributed by atoms with van der Waals surface area (Å²) in [5, 5.41) is 0. The minimum absolute atomic E-state index is 0. The summed E-state index contributed by atoms with van der Waals surface area (Å²) in [6, 6.07) is 0. The van der Waals surface area contributed by atoms with Gasteiger partial charge in [0.2, 0.25) is 0 Å². The van der Waals surface area contributed by atoms with E-state index < -0.39 is 0 Å². The van der Waals surface area contributed by atoms with E-state index in [-0.39, 0.29) is 6.15 Å². The Bertz CT molecular complexity index is 23.6. The fourth-order valence-corrected chi connectivity index (χ4v) is 0. The van der Waals surface area contributed by atoms with Crippen LogP contribution in [0.1, 0.15) is 0 Å². The van der Waals surface area contributed by atoms with Crippen LogP contribution in [0.25, 0.3) is 0 Å². The number of carbonyl (C=O) groups excluding carboxylic acids is 1. The molecule has 0 rings (SSSR count). The molecule has 0 unspecified atom stereocenters. The maximum absolute atomic E-state index is 8.95. The Morgan fingerprint density at radius 1 is 1.80 bits per heavy atom. The molecule has 31 valence electrons. The van der Waals surface area contributed by atoms with E-state index in [1.165, 1.54) is 20.2 Å². The second-order valence-corrected chi connectivity index (χ2v) is 0.666. The Kier molecular flexibility index (Phi) is 15.9. The molecule has 0 heterocycles. The summed E-state index contributed by atoms with van der Waals surface area (Å²) < 4.78 is 3.87. The maximum atomic E-state index is 8.95. The zero-order valence-corrected chi connectivity index (χ0v) is 4.52. The van der Waals surface area contributed by atoms with Crippen LogP contribution < -0.4 is 6.15 Å². The van der Waals surface area contributed by atoms with Gasteiger partial charge in [-0.2, -0.15) is 0 Å². The Balaban J connectivity index is 0. The van der Waals surface area contributed by atoms with Crippen LogP contribution in [0.2, 0.25) is 0 Å². The van der Waals surface area contributed by atoms with Crippen LogP contribution in [0.15, 0.2) is 0 Å². The second kappa shape index (κ2) is 8.92. The van der Waals surface area contributed by atoms with E-state index in [0.717, 1.165) is 0 Å². The molecule has 5 heavy (non-hydrogen) atoms. The number of hydrogen-bond acceptors (Lipinski definition) is 3. The van der Waals surface area contributed by atoms with Crippen molar-refractivity contribution in [2.75, 3.05) is 0 Å². The van der Waals surface area contributed by atoms with Crippen LogP contribution in [0.5, 0.6) is 0 Å². The molecular weight excluding hydrogens is 154 g/mol. The van der Waals surface area contributed by atoms with E-state index in [4.69, 9.17) is 4.79 Å². The van der Waals surface area contributed by atoms with Gasteiger partial charge in [-0.15, -0.1) is 0 Å².